The van der Waals surface area contributed by atoms with Gasteiger partial charge in [-0.1, -0.05) is 90.9 Å². The average Bonchev–Trinajstić information content (AvgIpc) is 2.63. The Bertz CT molecular complexity index is 551. The minimum Gasteiger partial charge on any atom is -0.508 e. The summed E-state index contributed by atoms with van der Waals surface area (Å²) in [5.74, 6) is 0.0317. The second-order valence-electron chi connectivity index (χ2n) is 8.06. The molecule has 0 fully saturated rings. The number of hydrogen-bond donors (Lipinski definition) is 2. The van der Waals surface area contributed by atoms with Gasteiger partial charge in [-0.2, -0.15) is 0 Å². The van der Waals surface area contributed by atoms with Gasteiger partial charge in [0.25, 0.3) is 0 Å². The first-order chi connectivity index (χ1) is 13.0. The maximum Gasteiger partial charge on any atom is 0.163 e. The fourth-order valence-corrected chi connectivity index (χ4v) is 3.72. The van der Waals surface area contributed by atoms with E-state index in [9.17, 15) is 15.0 Å². The summed E-state index contributed by atoms with van der Waals surface area (Å²) in [6.45, 7) is 5.72. The number of unbranched alkanes of at least 4 members (excludes halogenated alkanes) is 11. The number of carbonyl (C=O) groups excluding carboxylic acids is 1. The average molecular weight is 377 g/mol. The first kappa shape index (κ1) is 23.5. The summed E-state index contributed by atoms with van der Waals surface area (Å²) in [6.07, 6.45) is 17.0. The topological polar surface area (TPSA) is 57.5 Å². The van der Waals surface area contributed by atoms with Gasteiger partial charge in [0.1, 0.15) is 11.5 Å². The molecule has 1 atom stereocenters. The van der Waals surface area contributed by atoms with Gasteiger partial charge in [0, 0.05) is 5.56 Å². The van der Waals surface area contributed by atoms with Gasteiger partial charge in [-0.05, 0) is 31.4 Å². The van der Waals surface area contributed by atoms with E-state index in [1.165, 1.54) is 83.6 Å². The third-order valence-electron chi connectivity index (χ3n) is 5.55. The van der Waals surface area contributed by atoms with E-state index in [-0.39, 0.29) is 28.8 Å². The van der Waals surface area contributed by atoms with E-state index < -0.39 is 0 Å². The van der Waals surface area contributed by atoms with Crippen LogP contribution in [0.3, 0.4) is 0 Å². The molecule has 1 rings (SSSR count). The normalized spacial score (nSPS) is 12.3. The van der Waals surface area contributed by atoms with Crippen molar-refractivity contribution in [1.82, 2.24) is 0 Å². The molecule has 0 aliphatic rings. The summed E-state index contributed by atoms with van der Waals surface area (Å²) >= 11 is 0. The zero-order valence-electron chi connectivity index (χ0n) is 17.7. The quantitative estimate of drug-likeness (QED) is 0.189. The number of rotatable bonds is 15. The van der Waals surface area contributed by atoms with Crippen LogP contribution in [0.15, 0.2) is 12.1 Å². The molecule has 0 bridgehead atoms. The zero-order valence-corrected chi connectivity index (χ0v) is 17.7. The van der Waals surface area contributed by atoms with Crippen LogP contribution in [0.4, 0.5) is 0 Å². The summed E-state index contributed by atoms with van der Waals surface area (Å²) in [4.78, 5) is 11.4. The third kappa shape index (κ3) is 9.30. The third-order valence-corrected chi connectivity index (χ3v) is 5.55. The van der Waals surface area contributed by atoms with Crippen LogP contribution < -0.4 is 0 Å². The molecule has 0 amide bonds. The van der Waals surface area contributed by atoms with E-state index in [4.69, 9.17) is 0 Å². The molecule has 0 aromatic heterocycles. The Hall–Kier alpha value is -1.51. The van der Waals surface area contributed by atoms with Crippen LogP contribution >= 0.6 is 0 Å². The predicted molar refractivity (Wildman–Crippen MR) is 114 cm³/mol. The number of benzene rings is 1. The highest BCUT2D eigenvalue weighted by molar-refractivity contribution is 5.97. The molecule has 0 spiro atoms. The molecule has 27 heavy (non-hydrogen) atoms. The summed E-state index contributed by atoms with van der Waals surface area (Å²) in [7, 11) is 0. The molecule has 1 aromatic carbocycles. The van der Waals surface area contributed by atoms with Gasteiger partial charge < -0.3 is 10.2 Å². The Balaban J connectivity index is 2.15. The molecule has 0 saturated heterocycles. The number of phenolic OH excluding ortho intramolecular Hbond substituents is 2. The molecule has 1 aromatic rings. The number of carbonyl (C=O) groups is 1. The van der Waals surface area contributed by atoms with Crippen LogP contribution in [0.1, 0.15) is 126 Å². The fourth-order valence-electron chi connectivity index (χ4n) is 3.72. The summed E-state index contributed by atoms with van der Waals surface area (Å²) in [6, 6.07) is 2.95. The first-order valence-electron chi connectivity index (χ1n) is 11.0. The molecule has 3 heteroatoms. The number of hydrogen-bond acceptors (Lipinski definition) is 3. The highest BCUT2D eigenvalue weighted by atomic mass is 16.3. The molecular formula is C24H40O3. The molecule has 3 nitrogen and oxygen atoms in total. The van der Waals surface area contributed by atoms with Crippen LogP contribution in [-0.4, -0.2) is 16.0 Å². The van der Waals surface area contributed by atoms with E-state index >= 15 is 0 Å². The highest BCUT2D eigenvalue weighted by Crippen LogP contribution is 2.35. The molecule has 1 unspecified atom stereocenters. The molecule has 0 aliphatic carbocycles. The van der Waals surface area contributed by atoms with Crippen molar-refractivity contribution in [3.05, 3.63) is 23.3 Å². The lowest BCUT2D eigenvalue weighted by atomic mass is 9.92. The molecule has 2 N–H and O–H groups in total. The Morgan fingerprint density at radius 3 is 1.78 bits per heavy atom. The molecule has 0 heterocycles. The van der Waals surface area contributed by atoms with Crippen LogP contribution in [-0.2, 0) is 0 Å². The predicted octanol–water partition coefficient (Wildman–Crippen LogP) is 7.50. The van der Waals surface area contributed by atoms with Gasteiger partial charge in [-0.25, -0.2) is 0 Å². The molecule has 0 aliphatic heterocycles. The standard InChI is InChI=1S/C24H40O3/c1-4-5-6-7-8-9-10-11-12-13-14-15-16-19(2)21-17-24(27)22(20(3)25)18-23(21)26/h17-19,26-27H,4-16H2,1-3H3. The van der Waals surface area contributed by atoms with Crippen molar-refractivity contribution in [2.24, 2.45) is 0 Å². The van der Waals surface area contributed by atoms with Crippen LogP contribution in [0.5, 0.6) is 11.5 Å². The van der Waals surface area contributed by atoms with E-state index in [2.05, 4.69) is 13.8 Å². The van der Waals surface area contributed by atoms with Crippen molar-refractivity contribution >= 4 is 5.78 Å². The Labute approximate surface area is 166 Å². The molecule has 0 radical (unpaired) electrons. The molecule has 0 saturated carbocycles. The minimum atomic E-state index is -0.233. The Morgan fingerprint density at radius 1 is 0.815 bits per heavy atom. The highest BCUT2D eigenvalue weighted by Gasteiger charge is 2.16. The van der Waals surface area contributed by atoms with Crippen molar-refractivity contribution in [1.29, 1.82) is 0 Å². The van der Waals surface area contributed by atoms with Crippen LogP contribution in [0, 0.1) is 0 Å². The van der Waals surface area contributed by atoms with Crippen molar-refractivity contribution in [2.45, 2.75) is 110 Å². The van der Waals surface area contributed by atoms with Gasteiger partial charge >= 0.3 is 0 Å². The van der Waals surface area contributed by atoms with Crippen molar-refractivity contribution in [3.63, 3.8) is 0 Å². The maximum absolute atomic E-state index is 11.4. The lowest BCUT2D eigenvalue weighted by molar-refractivity contribution is 0.101. The van der Waals surface area contributed by atoms with E-state index in [1.807, 2.05) is 0 Å². The lowest BCUT2D eigenvalue weighted by Crippen LogP contribution is -1.99. The first-order valence-corrected chi connectivity index (χ1v) is 11.0. The number of ketones is 1. The minimum absolute atomic E-state index is 0.0307. The van der Waals surface area contributed by atoms with Gasteiger partial charge in [0.05, 0.1) is 5.56 Å². The fraction of sp³-hybridized carbons (Fsp3) is 0.708. The van der Waals surface area contributed by atoms with Gasteiger partial charge in [0.15, 0.2) is 5.78 Å². The second-order valence-corrected chi connectivity index (χ2v) is 8.06. The zero-order chi connectivity index (χ0) is 20.1. The monoisotopic (exact) mass is 376 g/mol. The van der Waals surface area contributed by atoms with Gasteiger partial charge in [0.2, 0.25) is 0 Å². The number of aromatic hydroxyl groups is 2. The van der Waals surface area contributed by atoms with Crippen LogP contribution in [0.25, 0.3) is 0 Å². The lowest BCUT2D eigenvalue weighted by Gasteiger charge is -2.15. The molecule has 154 valence electrons. The Kier molecular flexibility index (Phi) is 11.9. The van der Waals surface area contributed by atoms with Gasteiger partial charge in [-0.15, -0.1) is 0 Å². The van der Waals surface area contributed by atoms with E-state index in [1.54, 1.807) is 6.07 Å². The smallest absolute Gasteiger partial charge is 0.163 e. The summed E-state index contributed by atoms with van der Waals surface area (Å²) in [5, 5.41) is 20.1. The summed E-state index contributed by atoms with van der Waals surface area (Å²) < 4.78 is 0. The SMILES string of the molecule is CCCCCCCCCCCCCCC(C)c1cc(O)c(C(C)=O)cc1O. The number of Topliss-reactive ketones (excluding diaryl/α,β-unsaturated/α-hetero) is 1. The number of phenols is 2. The van der Waals surface area contributed by atoms with E-state index in [0.717, 1.165) is 18.4 Å². The van der Waals surface area contributed by atoms with Crippen LogP contribution in [0.2, 0.25) is 0 Å². The van der Waals surface area contributed by atoms with E-state index in [0.29, 0.717) is 0 Å². The van der Waals surface area contributed by atoms with Crippen molar-refractivity contribution in [2.75, 3.05) is 0 Å². The second kappa shape index (κ2) is 13.6. The summed E-state index contributed by atoms with van der Waals surface area (Å²) in [5.41, 5.74) is 0.925. The Morgan fingerprint density at radius 2 is 1.30 bits per heavy atom. The maximum atomic E-state index is 11.4. The van der Waals surface area contributed by atoms with Gasteiger partial charge in [-0.3, -0.25) is 4.79 Å². The largest absolute Gasteiger partial charge is 0.508 e. The molecular weight excluding hydrogens is 336 g/mol. The van der Waals surface area contributed by atoms with Crippen molar-refractivity contribution < 1.29 is 15.0 Å². The van der Waals surface area contributed by atoms with Crippen molar-refractivity contribution in [3.8, 4) is 11.5 Å².